The highest BCUT2D eigenvalue weighted by Gasteiger charge is 2.30. The van der Waals surface area contributed by atoms with Crippen molar-refractivity contribution in [2.45, 2.75) is 70.7 Å². The highest BCUT2D eigenvalue weighted by Crippen LogP contribution is 2.30. The van der Waals surface area contributed by atoms with E-state index in [1.165, 1.54) is 6.42 Å². The Morgan fingerprint density at radius 3 is 2.91 bits per heavy atom. The van der Waals surface area contributed by atoms with Gasteiger partial charge >= 0.3 is 0 Å². The molecule has 32 heavy (non-hydrogen) atoms. The van der Waals surface area contributed by atoms with Crippen LogP contribution in [0.1, 0.15) is 57.4 Å². The predicted molar refractivity (Wildman–Crippen MR) is 117 cm³/mol. The number of nitrogens with zero attached hydrogens (tertiary/aromatic N) is 3. The number of benzene rings is 1. The third-order valence-corrected chi connectivity index (χ3v) is 6.23. The molecule has 1 N–H and O–H groups in total. The van der Waals surface area contributed by atoms with Crippen LogP contribution in [0.2, 0.25) is 0 Å². The smallest absolute Gasteiger partial charge is 0.294 e. The number of fused-ring (bicyclic) bond motifs is 2. The van der Waals surface area contributed by atoms with E-state index in [1.807, 2.05) is 23.1 Å². The maximum atomic E-state index is 12.9. The molecule has 9 heteroatoms. The molecule has 172 valence electrons. The number of carbonyl (C=O) groups excluding carboxylic acids is 3. The third kappa shape index (κ3) is 5.03. The minimum Gasteiger partial charge on any atom is -0.494 e. The fourth-order valence-corrected chi connectivity index (χ4v) is 4.68. The molecular formula is C23H30N4O5. The zero-order chi connectivity index (χ0) is 22.5. The average molecular weight is 443 g/mol. The molecule has 1 aromatic carbocycles. The van der Waals surface area contributed by atoms with Gasteiger partial charge in [0.25, 0.3) is 6.47 Å². The van der Waals surface area contributed by atoms with Crippen molar-refractivity contribution in [2.75, 3.05) is 13.2 Å². The maximum Gasteiger partial charge on any atom is 0.294 e. The van der Waals surface area contributed by atoms with Crippen LogP contribution in [-0.4, -0.2) is 59.5 Å². The Balaban J connectivity index is 1.29. The third-order valence-electron chi connectivity index (χ3n) is 6.23. The Hall–Kier alpha value is -3.10. The summed E-state index contributed by atoms with van der Waals surface area (Å²) in [6, 6.07) is 5.80. The van der Waals surface area contributed by atoms with Crippen molar-refractivity contribution in [1.29, 1.82) is 0 Å². The van der Waals surface area contributed by atoms with Gasteiger partial charge in [0.2, 0.25) is 17.8 Å². The summed E-state index contributed by atoms with van der Waals surface area (Å²) in [5.41, 5.74) is 1.83. The molecule has 2 heterocycles. The number of ether oxygens (including phenoxy) is 2. The topological polar surface area (TPSA) is 101 Å². The molecule has 1 aromatic rings. The first-order valence-corrected chi connectivity index (χ1v) is 11.3. The van der Waals surface area contributed by atoms with E-state index in [2.05, 4.69) is 10.3 Å². The second kappa shape index (κ2) is 10.0. The number of guanidine groups is 1. The minimum absolute atomic E-state index is 0.00615. The van der Waals surface area contributed by atoms with Crippen LogP contribution >= 0.6 is 0 Å². The Morgan fingerprint density at radius 2 is 2.12 bits per heavy atom. The largest absolute Gasteiger partial charge is 0.494 e. The number of hydrogen-bond acceptors (Lipinski definition) is 7. The average Bonchev–Trinajstić information content (AvgIpc) is 3.14. The molecule has 0 bridgehead atoms. The lowest BCUT2D eigenvalue weighted by Gasteiger charge is -2.37. The molecule has 3 aliphatic rings. The van der Waals surface area contributed by atoms with E-state index < -0.39 is 6.23 Å². The van der Waals surface area contributed by atoms with Gasteiger partial charge in [0.15, 0.2) is 6.23 Å². The molecule has 0 radical (unpaired) electrons. The number of aliphatic imine (C=N–C) groups is 1. The van der Waals surface area contributed by atoms with E-state index in [4.69, 9.17) is 9.47 Å². The van der Waals surface area contributed by atoms with Gasteiger partial charge in [-0.15, -0.1) is 0 Å². The van der Waals surface area contributed by atoms with Crippen LogP contribution in [0.4, 0.5) is 5.69 Å². The molecule has 2 aliphatic heterocycles. The summed E-state index contributed by atoms with van der Waals surface area (Å²) in [5, 5.41) is 2.75. The summed E-state index contributed by atoms with van der Waals surface area (Å²) in [7, 11) is 0. The lowest BCUT2D eigenvalue weighted by atomic mass is 9.93. The van der Waals surface area contributed by atoms with Crippen LogP contribution in [0, 0.1) is 0 Å². The quantitative estimate of drug-likeness (QED) is 0.358. The molecular weight excluding hydrogens is 412 g/mol. The van der Waals surface area contributed by atoms with Crippen LogP contribution in [0.15, 0.2) is 23.2 Å². The number of hydrogen-bond donors (Lipinski definition) is 1. The summed E-state index contributed by atoms with van der Waals surface area (Å²) >= 11 is 0. The van der Waals surface area contributed by atoms with Crippen LogP contribution in [-0.2, 0) is 25.7 Å². The fraction of sp³-hybridized carbons (Fsp3) is 0.565. The Kier molecular flexibility index (Phi) is 6.92. The van der Waals surface area contributed by atoms with Gasteiger partial charge in [0, 0.05) is 24.6 Å². The first-order chi connectivity index (χ1) is 15.5. The SMILES string of the molecule is CC(OC=O)N(C(=O)CCCOc1ccc2c(c1)CN1CC(=O)NC1=N2)C1CCCCC1. The lowest BCUT2D eigenvalue weighted by Crippen LogP contribution is -2.47. The highest BCUT2D eigenvalue weighted by atomic mass is 16.5. The molecule has 4 rings (SSSR count). The van der Waals surface area contributed by atoms with Crippen LogP contribution in [0.5, 0.6) is 5.75 Å². The van der Waals surface area contributed by atoms with Gasteiger partial charge in [-0.05, 0) is 44.4 Å². The van der Waals surface area contributed by atoms with Crippen molar-refractivity contribution in [1.82, 2.24) is 15.1 Å². The molecule has 0 spiro atoms. The van der Waals surface area contributed by atoms with E-state index in [9.17, 15) is 14.4 Å². The van der Waals surface area contributed by atoms with Gasteiger partial charge in [0.1, 0.15) is 12.3 Å². The number of nitrogens with one attached hydrogen (secondary N) is 1. The summed E-state index contributed by atoms with van der Waals surface area (Å²) < 4.78 is 11.0. The number of amides is 2. The minimum atomic E-state index is -0.554. The highest BCUT2D eigenvalue weighted by molar-refractivity contribution is 6.05. The summed E-state index contributed by atoms with van der Waals surface area (Å²) in [6.45, 7) is 3.49. The standard InChI is InChI=1S/C23H30N4O5/c1-16(32-15-28)27(18-6-3-2-4-7-18)22(30)8-5-11-31-19-9-10-20-17(12-19)13-26-14-21(29)25-23(26)24-20/h9-10,12,15-16,18H,2-8,11,13-14H2,1H3,(H,24,25,29). The van der Waals surface area contributed by atoms with Crippen LogP contribution in [0.3, 0.4) is 0 Å². The zero-order valence-electron chi connectivity index (χ0n) is 18.4. The van der Waals surface area contributed by atoms with E-state index in [1.54, 1.807) is 11.8 Å². The van der Waals surface area contributed by atoms with E-state index >= 15 is 0 Å². The van der Waals surface area contributed by atoms with Crippen molar-refractivity contribution < 1.29 is 23.9 Å². The van der Waals surface area contributed by atoms with Gasteiger partial charge in [-0.2, -0.15) is 0 Å². The molecule has 1 saturated carbocycles. The summed E-state index contributed by atoms with van der Waals surface area (Å²) in [5.74, 6) is 1.27. The van der Waals surface area contributed by atoms with Crippen LogP contribution in [0.25, 0.3) is 0 Å². The van der Waals surface area contributed by atoms with Gasteiger partial charge in [-0.1, -0.05) is 19.3 Å². The molecule has 2 amide bonds. The first kappa shape index (κ1) is 22.1. The first-order valence-electron chi connectivity index (χ1n) is 11.3. The predicted octanol–water partition coefficient (Wildman–Crippen LogP) is 2.46. The van der Waals surface area contributed by atoms with E-state index in [0.717, 1.165) is 42.7 Å². The number of rotatable bonds is 9. The van der Waals surface area contributed by atoms with Gasteiger partial charge in [-0.3, -0.25) is 19.7 Å². The molecule has 2 fully saturated rings. The van der Waals surface area contributed by atoms with Crippen molar-refractivity contribution in [3.8, 4) is 5.75 Å². The lowest BCUT2D eigenvalue weighted by molar-refractivity contribution is -0.157. The second-order valence-electron chi connectivity index (χ2n) is 8.51. The Bertz CT molecular complexity index is 896. The molecule has 0 aromatic heterocycles. The maximum absolute atomic E-state index is 12.9. The van der Waals surface area contributed by atoms with Gasteiger partial charge in [-0.25, -0.2) is 4.99 Å². The molecule has 1 aliphatic carbocycles. The Morgan fingerprint density at radius 1 is 1.31 bits per heavy atom. The van der Waals surface area contributed by atoms with Gasteiger partial charge < -0.3 is 19.3 Å². The fourth-order valence-electron chi connectivity index (χ4n) is 4.68. The van der Waals surface area contributed by atoms with E-state index in [0.29, 0.717) is 45.0 Å². The zero-order valence-corrected chi connectivity index (χ0v) is 18.4. The summed E-state index contributed by atoms with van der Waals surface area (Å²) in [4.78, 5) is 43.4. The Labute approximate surface area is 187 Å². The molecule has 9 nitrogen and oxygen atoms in total. The summed E-state index contributed by atoms with van der Waals surface area (Å²) in [6.07, 6.45) is 5.63. The van der Waals surface area contributed by atoms with Crippen molar-refractivity contribution >= 4 is 29.9 Å². The molecule has 1 unspecified atom stereocenters. The monoisotopic (exact) mass is 442 g/mol. The van der Waals surface area contributed by atoms with Crippen LogP contribution < -0.4 is 10.1 Å². The van der Waals surface area contributed by atoms with Gasteiger partial charge in [0.05, 0.1) is 12.3 Å². The van der Waals surface area contributed by atoms with Crippen molar-refractivity contribution in [3.63, 3.8) is 0 Å². The molecule has 1 saturated heterocycles. The van der Waals surface area contributed by atoms with Crippen molar-refractivity contribution in [3.05, 3.63) is 23.8 Å². The second-order valence-corrected chi connectivity index (χ2v) is 8.51. The number of carbonyl (C=O) groups is 3. The van der Waals surface area contributed by atoms with Crippen molar-refractivity contribution in [2.24, 2.45) is 4.99 Å². The molecule has 1 atom stereocenters. The van der Waals surface area contributed by atoms with E-state index in [-0.39, 0.29) is 17.9 Å². The normalized spacial score (nSPS) is 18.7.